The van der Waals surface area contributed by atoms with Gasteiger partial charge in [0.05, 0.1) is 6.61 Å². The van der Waals surface area contributed by atoms with Gasteiger partial charge in [0, 0.05) is 22.3 Å². The summed E-state index contributed by atoms with van der Waals surface area (Å²) < 4.78 is 5.53. The fourth-order valence-electron chi connectivity index (χ4n) is 0.903. The largest absolute Gasteiger partial charge is 0.463 e. The first kappa shape index (κ1) is 12.2. The van der Waals surface area contributed by atoms with Crippen LogP contribution in [0.1, 0.15) is 12.5 Å². The summed E-state index contributed by atoms with van der Waals surface area (Å²) in [7, 11) is 0. The fourth-order valence-corrected chi connectivity index (χ4v) is 1.42. The van der Waals surface area contributed by atoms with Gasteiger partial charge < -0.3 is 4.74 Å². The Kier molecular flexibility index (Phi) is 4.78. The van der Waals surface area contributed by atoms with E-state index in [-0.39, 0.29) is 0 Å². The first-order valence-electron chi connectivity index (χ1n) is 4.29. The van der Waals surface area contributed by atoms with Gasteiger partial charge in [0.2, 0.25) is 0 Å². The van der Waals surface area contributed by atoms with Crippen molar-refractivity contribution in [1.29, 1.82) is 0 Å². The molecule has 1 aromatic rings. The number of hydrogen-bond acceptors (Lipinski definition) is 3. The number of carbonyl (C=O) groups excluding carboxylic acids is 1. The number of esters is 1. The second-order valence-corrected chi connectivity index (χ2v) is 3.89. The van der Waals surface area contributed by atoms with E-state index in [1.807, 2.05) is 0 Å². The van der Waals surface area contributed by atoms with Crippen molar-refractivity contribution in [3.8, 4) is 0 Å². The van der Waals surface area contributed by atoms with Crippen LogP contribution in [0.3, 0.4) is 0 Å². The molecule has 80 valence electrons. The minimum absolute atomic E-state index is 0.346. The SMILES string of the molecule is CCOC(=O)/C=C/c1cc(Br)cnc1Cl. The van der Waals surface area contributed by atoms with Crippen molar-refractivity contribution in [2.45, 2.75) is 6.92 Å². The molecule has 0 aromatic carbocycles. The zero-order valence-corrected chi connectivity index (χ0v) is 10.4. The van der Waals surface area contributed by atoms with E-state index < -0.39 is 5.97 Å². The Labute approximate surface area is 101 Å². The number of aromatic nitrogens is 1. The van der Waals surface area contributed by atoms with Crippen molar-refractivity contribution in [2.24, 2.45) is 0 Å². The van der Waals surface area contributed by atoms with Gasteiger partial charge >= 0.3 is 5.97 Å². The maximum Gasteiger partial charge on any atom is 0.330 e. The predicted octanol–water partition coefficient (Wildman–Crippen LogP) is 3.07. The summed E-state index contributed by atoms with van der Waals surface area (Å²) in [6.07, 6.45) is 4.47. The lowest BCUT2D eigenvalue weighted by atomic mass is 10.2. The van der Waals surface area contributed by atoms with Gasteiger partial charge in [-0.2, -0.15) is 0 Å². The molecule has 0 aliphatic heterocycles. The van der Waals surface area contributed by atoms with Gasteiger partial charge in [-0.25, -0.2) is 9.78 Å². The molecule has 0 aliphatic carbocycles. The van der Waals surface area contributed by atoms with Crippen LogP contribution in [0.2, 0.25) is 5.15 Å². The van der Waals surface area contributed by atoms with Crippen LogP contribution >= 0.6 is 27.5 Å². The molecule has 1 aromatic heterocycles. The van der Waals surface area contributed by atoms with Crippen molar-refractivity contribution in [3.05, 3.63) is 33.5 Å². The van der Waals surface area contributed by atoms with Gasteiger partial charge in [0.25, 0.3) is 0 Å². The van der Waals surface area contributed by atoms with Crippen LogP contribution < -0.4 is 0 Å². The molecule has 0 fully saturated rings. The highest BCUT2D eigenvalue weighted by molar-refractivity contribution is 9.10. The third-order valence-corrected chi connectivity index (χ3v) is 2.27. The molecular formula is C10H9BrClNO2. The molecule has 1 rings (SSSR count). The number of pyridine rings is 1. The third kappa shape index (κ3) is 4.01. The van der Waals surface area contributed by atoms with Crippen LogP contribution in [-0.2, 0) is 9.53 Å². The van der Waals surface area contributed by atoms with Crippen LogP contribution in [0, 0.1) is 0 Å². The van der Waals surface area contributed by atoms with Crippen LogP contribution in [0.5, 0.6) is 0 Å². The molecule has 0 aliphatic rings. The average molecular weight is 291 g/mol. The van der Waals surface area contributed by atoms with Crippen molar-refractivity contribution in [3.63, 3.8) is 0 Å². The zero-order valence-electron chi connectivity index (χ0n) is 8.04. The zero-order chi connectivity index (χ0) is 11.3. The van der Waals surface area contributed by atoms with Gasteiger partial charge in [-0.1, -0.05) is 11.6 Å². The quantitative estimate of drug-likeness (QED) is 0.488. The smallest absolute Gasteiger partial charge is 0.330 e. The number of rotatable bonds is 3. The summed E-state index contributed by atoms with van der Waals surface area (Å²) in [4.78, 5) is 14.9. The first-order chi connectivity index (χ1) is 7.13. The minimum atomic E-state index is -0.395. The molecule has 5 heteroatoms. The molecule has 0 bridgehead atoms. The highest BCUT2D eigenvalue weighted by Gasteiger charge is 2.00. The normalized spacial score (nSPS) is 10.6. The number of nitrogens with zero attached hydrogens (tertiary/aromatic N) is 1. The topological polar surface area (TPSA) is 39.2 Å². The van der Waals surface area contributed by atoms with E-state index in [1.54, 1.807) is 25.3 Å². The van der Waals surface area contributed by atoms with E-state index in [0.29, 0.717) is 17.3 Å². The van der Waals surface area contributed by atoms with Crippen LogP contribution in [0.25, 0.3) is 6.08 Å². The van der Waals surface area contributed by atoms with Gasteiger partial charge in [0.1, 0.15) is 5.15 Å². The van der Waals surface area contributed by atoms with Gasteiger partial charge in [0.15, 0.2) is 0 Å². The van der Waals surface area contributed by atoms with Gasteiger partial charge in [-0.3, -0.25) is 0 Å². The Hall–Kier alpha value is -0.870. The summed E-state index contributed by atoms with van der Waals surface area (Å²) in [5.74, 6) is -0.395. The van der Waals surface area contributed by atoms with E-state index >= 15 is 0 Å². The Morgan fingerprint density at radius 2 is 2.47 bits per heavy atom. The molecule has 3 nitrogen and oxygen atoms in total. The number of halogens is 2. The third-order valence-electron chi connectivity index (χ3n) is 1.52. The van der Waals surface area contributed by atoms with Crippen molar-refractivity contribution in [2.75, 3.05) is 6.61 Å². The first-order valence-corrected chi connectivity index (χ1v) is 5.46. The molecule has 0 N–H and O–H groups in total. The summed E-state index contributed by atoms with van der Waals surface area (Å²) in [5, 5.41) is 0.346. The fraction of sp³-hybridized carbons (Fsp3) is 0.200. The van der Waals surface area contributed by atoms with Crippen LogP contribution in [0.4, 0.5) is 0 Å². The molecule has 0 saturated carbocycles. The number of ether oxygens (including phenoxy) is 1. The number of hydrogen-bond donors (Lipinski definition) is 0. The van der Waals surface area contributed by atoms with Gasteiger partial charge in [-0.05, 0) is 35.0 Å². The molecule has 15 heavy (non-hydrogen) atoms. The summed E-state index contributed by atoms with van der Waals surface area (Å²) >= 11 is 9.08. The van der Waals surface area contributed by atoms with E-state index in [1.165, 1.54) is 6.08 Å². The highest BCUT2D eigenvalue weighted by atomic mass is 79.9. The van der Waals surface area contributed by atoms with Crippen molar-refractivity contribution in [1.82, 2.24) is 4.98 Å². The minimum Gasteiger partial charge on any atom is -0.463 e. The number of carbonyl (C=O) groups is 1. The van der Waals surface area contributed by atoms with Crippen LogP contribution in [-0.4, -0.2) is 17.6 Å². The maximum absolute atomic E-state index is 11.0. The Balaban J connectivity index is 2.79. The van der Waals surface area contributed by atoms with E-state index in [2.05, 4.69) is 20.9 Å². The Bertz CT molecular complexity index is 393. The van der Waals surface area contributed by atoms with Crippen molar-refractivity contribution >= 4 is 39.6 Å². The van der Waals surface area contributed by atoms with E-state index in [9.17, 15) is 4.79 Å². The molecule has 0 saturated heterocycles. The summed E-state index contributed by atoms with van der Waals surface area (Å²) in [6, 6.07) is 1.77. The Morgan fingerprint density at radius 3 is 3.13 bits per heavy atom. The van der Waals surface area contributed by atoms with Gasteiger partial charge in [-0.15, -0.1) is 0 Å². The molecule has 0 unspecified atom stereocenters. The molecule has 1 heterocycles. The Morgan fingerprint density at radius 1 is 1.73 bits per heavy atom. The van der Waals surface area contributed by atoms with E-state index in [4.69, 9.17) is 16.3 Å². The lowest BCUT2D eigenvalue weighted by Gasteiger charge is -1.98. The molecule has 0 spiro atoms. The standard InChI is InChI=1S/C10H9BrClNO2/c1-2-15-9(14)4-3-7-5-8(11)6-13-10(7)12/h3-6H,2H2,1H3/b4-3+. The van der Waals surface area contributed by atoms with E-state index in [0.717, 1.165) is 4.47 Å². The van der Waals surface area contributed by atoms with Crippen molar-refractivity contribution < 1.29 is 9.53 Å². The highest BCUT2D eigenvalue weighted by Crippen LogP contribution is 2.19. The lowest BCUT2D eigenvalue weighted by molar-refractivity contribution is -0.137. The summed E-state index contributed by atoms with van der Waals surface area (Å²) in [5.41, 5.74) is 0.666. The monoisotopic (exact) mass is 289 g/mol. The summed E-state index contributed by atoms with van der Waals surface area (Å²) in [6.45, 7) is 2.10. The second-order valence-electron chi connectivity index (χ2n) is 2.62. The molecule has 0 radical (unpaired) electrons. The second kappa shape index (κ2) is 5.88. The molecule has 0 atom stereocenters. The van der Waals surface area contributed by atoms with Crippen LogP contribution in [0.15, 0.2) is 22.8 Å². The predicted molar refractivity (Wildman–Crippen MR) is 62.6 cm³/mol. The average Bonchev–Trinajstić information content (AvgIpc) is 2.20. The maximum atomic E-state index is 11.0. The molecular weight excluding hydrogens is 281 g/mol. The lowest BCUT2D eigenvalue weighted by Crippen LogP contribution is -1.98. The molecule has 0 amide bonds.